The van der Waals surface area contributed by atoms with Crippen LogP contribution in [0.3, 0.4) is 0 Å². The van der Waals surface area contributed by atoms with Gasteiger partial charge < -0.3 is 9.47 Å². The Morgan fingerprint density at radius 2 is 0.618 bits per heavy atom. The Morgan fingerprint density at radius 1 is 0.329 bits per heavy atom. The van der Waals surface area contributed by atoms with Gasteiger partial charge in [-0.3, -0.25) is 0 Å². The lowest BCUT2D eigenvalue weighted by atomic mass is 9.72. The summed E-state index contributed by atoms with van der Waals surface area (Å²) in [5, 5.41) is 0. The minimum Gasteiger partial charge on any atom is -0.494 e. The summed E-state index contributed by atoms with van der Waals surface area (Å²) < 4.78 is 12.0. The van der Waals surface area contributed by atoms with Crippen LogP contribution in [-0.2, 0) is 0 Å². The highest BCUT2D eigenvalue weighted by Gasteiger charge is 2.28. The topological polar surface area (TPSA) is 18.5 Å². The van der Waals surface area contributed by atoms with Crippen LogP contribution in [-0.4, -0.2) is 13.2 Å². The first-order valence-electron chi connectivity index (χ1n) is 33.8. The van der Waals surface area contributed by atoms with Crippen molar-refractivity contribution < 1.29 is 9.47 Å². The number of hydrogen-bond acceptors (Lipinski definition) is 2. The van der Waals surface area contributed by atoms with Crippen LogP contribution in [0.25, 0.3) is 11.1 Å². The van der Waals surface area contributed by atoms with Crippen LogP contribution in [0.5, 0.6) is 11.5 Å². The van der Waals surface area contributed by atoms with E-state index < -0.39 is 0 Å². The van der Waals surface area contributed by atoms with Gasteiger partial charge in [0.15, 0.2) is 0 Å². The molecule has 2 fully saturated rings. The van der Waals surface area contributed by atoms with Crippen LogP contribution in [0.4, 0.5) is 0 Å². The molecule has 4 aliphatic rings. The quantitative estimate of drug-likeness (QED) is 0.0619. The van der Waals surface area contributed by atoms with Crippen LogP contribution in [0, 0.1) is 35.5 Å². The second-order valence-corrected chi connectivity index (χ2v) is 24.9. The Labute approximate surface area is 472 Å². The number of benzene rings is 2. The highest BCUT2D eigenvalue weighted by molar-refractivity contribution is 5.76. The highest BCUT2D eigenvalue weighted by Crippen LogP contribution is 2.41. The van der Waals surface area contributed by atoms with Crippen molar-refractivity contribution in [1.82, 2.24) is 0 Å². The van der Waals surface area contributed by atoms with E-state index in [1.54, 1.807) is 0 Å². The molecular weight excluding hydrogens is 921 g/mol. The normalized spacial score (nSPS) is 21.4. The van der Waals surface area contributed by atoms with Crippen molar-refractivity contribution in [3.05, 3.63) is 96.1 Å². The van der Waals surface area contributed by atoms with E-state index in [9.17, 15) is 0 Å². The van der Waals surface area contributed by atoms with Gasteiger partial charge in [-0.05, 0) is 133 Å². The molecule has 2 atom stereocenters. The fourth-order valence-corrected chi connectivity index (χ4v) is 13.3. The average Bonchev–Trinajstić information content (AvgIpc) is 3.47. The summed E-state index contributed by atoms with van der Waals surface area (Å²) in [5.74, 6) is 7.37. The van der Waals surface area contributed by atoms with E-state index in [0.29, 0.717) is 0 Å². The zero-order valence-corrected chi connectivity index (χ0v) is 50.5. The Kier molecular flexibility index (Phi) is 35.2. The largest absolute Gasteiger partial charge is 0.494 e. The molecule has 0 bridgehead atoms. The van der Waals surface area contributed by atoms with E-state index in [2.05, 4.69) is 113 Å². The van der Waals surface area contributed by atoms with E-state index >= 15 is 0 Å². The molecule has 0 radical (unpaired) electrons. The highest BCUT2D eigenvalue weighted by atomic mass is 16.5. The van der Waals surface area contributed by atoms with E-state index in [1.165, 1.54) is 292 Å². The monoisotopic (exact) mass is 1040 g/mol. The smallest absolute Gasteiger partial charge is 0.119 e. The van der Waals surface area contributed by atoms with Gasteiger partial charge in [0.05, 0.1) is 13.2 Å². The molecule has 2 unspecified atom stereocenters. The molecule has 0 aromatic heterocycles. The predicted molar refractivity (Wildman–Crippen MR) is 336 cm³/mol. The number of hydrogen-bond donors (Lipinski definition) is 0. The molecule has 76 heavy (non-hydrogen) atoms. The third kappa shape index (κ3) is 27.2. The van der Waals surface area contributed by atoms with E-state index in [4.69, 9.17) is 9.47 Å². The van der Waals surface area contributed by atoms with Gasteiger partial charge in [0.2, 0.25) is 0 Å². The Balaban J connectivity index is 0.000000281. The number of ether oxygens (including phenoxy) is 2. The average molecular weight is 1040 g/mol. The van der Waals surface area contributed by atoms with Gasteiger partial charge in [-0.15, -0.1) is 0 Å². The third-order valence-electron chi connectivity index (χ3n) is 18.6. The molecule has 0 aliphatic heterocycles. The lowest BCUT2D eigenvalue weighted by Gasteiger charge is -2.33. The first-order valence-corrected chi connectivity index (χ1v) is 33.8. The van der Waals surface area contributed by atoms with Crippen molar-refractivity contribution in [2.24, 2.45) is 35.5 Å². The molecule has 0 spiro atoms. The van der Waals surface area contributed by atoms with E-state index in [0.717, 1.165) is 60.2 Å². The van der Waals surface area contributed by atoms with Crippen molar-refractivity contribution in [2.75, 3.05) is 13.2 Å². The van der Waals surface area contributed by atoms with E-state index in [-0.39, 0.29) is 0 Å². The number of unbranched alkanes of at least 4 members (excludes halogenated alkanes) is 26. The number of rotatable bonds is 40. The second kappa shape index (κ2) is 42.0. The summed E-state index contributed by atoms with van der Waals surface area (Å²) in [5.41, 5.74) is 5.44. The summed E-state index contributed by atoms with van der Waals surface area (Å²) in [6.45, 7) is 10.9. The van der Waals surface area contributed by atoms with Gasteiger partial charge in [-0.25, -0.2) is 0 Å². The van der Waals surface area contributed by atoms with E-state index in [1.807, 2.05) is 0 Å². The molecule has 0 N–H and O–H groups in total. The fraction of sp³-hybridized carbons (Fsp3) is 0.730. The SMILES string of the molecule is CCCCCCCCCCC1CCC(C2C=CC(c3ccc(OCCCCCCCC)cc3)=CC2)CC1.CCCCCCCCCCOc1ccc(C2=CCC(C3CCC(CCCCCCCCCC)CC3)C=C2)cc1. The molecule has 6 rings (SSSR count). The minimum absolute atomic E-state index is 0.757. The zero-order chi connectivity index (χ0) is 53.4. The summed E-state index contributed by atoms with van der Waals surface area (Å²) in [6.07, 6.45) is 73.7. The summed E-state index contributed by atoms with van der Waals surface area (Å²) in [6, 6.07) is 17.6. The Morgan fingerprint density at radius 3 is 0.908 bits per heavy atom. The van der Waals surface area contributed by atoms with Gasteiger partial charge in [0.1, 0.15) is 11.5 Å². The molecule has 428 valence electrons. The molecule has 4 aliphatic carbocycles. The molecule has 2 heteroatoms. The van der Waals surface area contributed by atoms with Crippen LogP contribution in [0.15, 0.2) is 85.0 Å². The first-order chi connectivity index (χ1) is 37.6. The van der Waals surface area contributed by atoms with Crippen LogP contribution >= 0.6 is 0 Å². The van der Waals surface area contributed by atoms with Gasteiger partial charge in [-0.2, -0.15) is 0 Å². The van der Waals surface area contributed by atoms with Crippen molar-refractivity contribution >= 4 is 11.1 Å². The maximum atomic E-state index is 6.02. The van der Waals surface area contributed by atoms with Crippen LogP contribution in [0.2, 0.25) is 0 Å². The summed E-state index contributed by atoms with van der Waals surface area (Å²) in [7, 11) is 0. The summed E-state index contributed by atoms with van der Waals surface area (Å²) >= 11 is 0. The van der Waals surface area contributed by atoms with Crippen molar-refractivity contribution in [3.63, 3.8) is 0 Å². The molecular formula is C74H120O2. The second-order valence-electron chi connectivity index (χ2n) is 24.9. The summed E-state index contributed by atoms with van der Waals surface area (Å²) in [4.78, 5) is 0. The van der Waals surface area contributed by atoms with Crippen LogP contribution in [0.1, 0.15) is 308 Å². The molecule has 2 saturated carbocycles. The molecule has 2 aromatic carbocycles. The molecule has 0 saturated heterocycles. The van der Waals surface area contributed by atoms with Crippen molar-refractivity contribution in [3.8, 4) is 11.5 Å². The Hall–Kier alpha value is -3.00. The maximum absolute atomic E-state index is 6.02. The first kappa shape index (κ1) is 63.8. The molecule has 2 aromatic rings. The zero-order valence-electron chi connectivity index (χ0n) is 50.5. The predicted octanol–water partition coefficient (Wildman–Crippen LogP) is 24.2. The van der Waals surface area contributed by atoms with Crippen LogP contribution < -0.4 is 9.47 Å². The van der Waals surface area contributed by atoms with Gasteiger partial charge in [0.25, 0.3) is 0 Å². The third-order valence-corrected chi connectivity index (χ3v) is 18.6. The fourth-order valence-electron chi connectivity index (χ4n) is 13.3. The standard InChI is InChI=1S/C38H62O.C36H58O/c1-3-5-7-9-11-13-15-17-19-33-20-22-34(23-21-33)35-24-26-36(27-25-35)37-28-30-38(31-29-37)39-32-18-16-14-12-10-8-6-4-2;1-3-5-7-9-11-12-13-15-17-31-18-20-32(21-19-31)33-22-24-34(25-23-33)35-26-28-36(29-27-35)37-30-16-14-10-8-6-4-2/h24,26-31,33-35H,3-23,25,32H2,1-2H3;22,24-29,31-33H,3-21,23,30H2,1-2H3. The van der Waals surface area contributed by atoms with Crippen molar-refractivity contribution in [1.29, 1.82) is 0 Å². The van der Waals surface area contributed by atoms with Gasteiger partial charge >= 0.3 is 0 Å². The Bertz CT molecular complexity index is 1800. The molecule has 0 heterocycles. The van der Waals surface area contributed by atoms with Gasteiger partial charge in [0, 0.05) is 0 Å². The minimum atomic E-state index is 0.757. The van der Waals surface area contributed by atoms with Crippen molar-refractivity contribution in [2.45, 2.75) is 297 Å². The lowest BCUT2D eigenvalue weighted by Crippen LogP contribution is -2.21. The maximum Gasteiger partial charge on any atom is 0.119 e. The molecule has 0 amide bonds. The lowest BCUT2D eigenvalue weighted by molar-refractivity contribution is 0.218. The van der Waals surface area contributed by atoms with Gasteiger partial charge in [-0.1, -0.05) is 307 Å². The number of allylic oxidation sites excluding steroid dienone is 8. The molecule has 2 nitrogen and oxygen atoms in total.